The first-order valence-corrected chi connectivity index (χ1v) is 12.1. The predicted octanol–water partition coefficient (Wildman–Crippen LogP) is 3.24. The van der Waals surface area contributed by atoms with E-state index in [2.05, 4.69) is 15.2 Å². The Morgan fingerprint density at radius 1 is 0.971 bits per heavy atom. The summed E-state index contributed by atoms with van der Waals surface area (Å²) in [6, 6.07) is 12.8. The molecular weight excluding hydrogens is 450 g/mol. The number of thioether (sulfide) groups is 1. The number of hydrogen-bond donors (Lipinski definition) is 1. The van der Waals surface area contributed by atoms with Crippen LogP contribution >= 0.6 is 11.8 Å². The van der Waals surface area contributed by atoms with Crippen LogP contribution in [0.3, 0.4) is 0 Å². The lowest BCUT2D eigenvalue weighted by Gasteiger charge is -2.14. The van der Waals surface area contributed by atoms with E-state index in [1.165, 1.54) is 11.8 Å². The first-order valence-electron chi connectivity index (χ1n) is 11.1. The molecule has 0 unspecified atom stereocenters. The van der Waals surface area contributed by atoms with Gasteiger partial charge in [-0.3, -0.25) is 18.8 Å². The van der Waals surface area contributed by atoms with Gasteiger partial charge in [0, 0.05) is 36.7 Å². The monoisotopic (exact) mass is 475 g/mol. The normalized spacial score (nSPS) is 11.6. The molecule has 34 heavy (non-hydrogen) atoms. The number of aryl methyl sites for hydroxylation is 4. The average Bonchev–Trinajstić information content (AvgIpc) is 3.33. The SMILES string of the molecule is Cc1cc(C)n(CCCn2c(SCc3cc(=O)[nH]c4cc(C)nn34)nc3ccccc3c2=O)n1. The van der Waals surface area contributed by atoms with Crippen LogP contribution in [0.25, 0.3) is 16.6 Å². The Labute approximate surface area is 199 Å². The van der Waals surface area contributed by atoms with Crippen molar-refractivity contribution in [1.82, 2.24) is 33.9 Å². The Bertz CT molecular complexity index is 1630. The van der Waals surface area contributed by atoms with Crippen molar-refractivity contribution in [3.05, 3.63) is 85.9 Å². The third-order valence-electron chi connectivity index (χ3n) is 5.68. The van der Waals surface area contributed by atoms with Crippen LogP contribution in [0.2, 0.25) is 0 Å². The van der Waals surface area contributed by atoms with E-state index in [-0.39, 0.29) is 11.1 Å². The van der Waals surface area contributed by atoms with Gasteiger partial charge in [0.25, 0.3) is 11.1 Å². The van der Waals surface area contributed by atoms with Gasteiger partial charge in [-0.25, -0.2) is 9.50 Å². The Morgan fingerprint density at radius 2 is 1.76 bits per heavy atom. The second-order valence-electron chi connectivity index (χ2n) is 8.37. The lowest BCUT2D eigenvalue weighted by atomic mass is 10.2. The van der Waals surface area contributed by atoms with Crippen molar-refractivity contribution in [2.24, 2.45) is 0 Å². The Balaban J connectivity index is 1.46. The number of nitrogens with one attached hydrogen (secondary N) is 1. The summed E-state index contributed by atoms with van der Waals surface area (Å²) in [5.41, 5.74) is 4.71. The van der Waals surface area contributed by atoms with E-state index >= 15 is 0 Å². The highest BCUT2D eigenvalue weighted by atomic mass is 32.2. The van der Waals surface area contributed by atoms with E-state index in [9.17, 15) is 9.59 Å². The predicted molar refractivity (Wildman–Crippen MR) is 132 cm³/mol. The zero-order chi connectivity index (χ0) is 23.8. The molecule has 0 fully saturated rings. The number of rotatable bonds is 7. The minimum absolute atomic E-state index is 0.0625. The number of para-hydroxylation sites is 1. The van der Waals surface area contributed by atoms with E-state index in [0.29, 0.717) is 40.5 Å². The summed E-state index contributed by atoms with van der Waals surface area (Å²) in [6.45, 7) is 7.12. The molecule has 0 aliphatic heterocycles. The second-order valence-corrected chi connectivity index (χ2v) is 9.31. The lowest BCUT2D eigenvalue weighted by molar-refractivity contribution is 0.487. The summed E-state index contributed by atoms with van der Waals surface area (Å²) in [4.78, 5) is 33.1. The van der Waals surface area contributed by atoms with Gasteiger partial charge in [-0.15, -0.1) is 0 Å². The molecule has 174 valence electrons. The summed E-state index contributed by atoms with van der Waals surface area (Å²) in [5, 5.41) is 10.2. The standard InChI is InChI=1S/C24H25N7O2S/c1-15-11-17(3)30(27-15)10-6-9-29-23(33)19-7-4-5-8-20(19)25-24(29)34-14-18-13-22(32)26-21-12-16(2)28-31(18)21/h4-5,7-8,11-13H,6,9-10,14H2,1-3H3,(H,26,32). The molecular formula is C24H25N7O2S. The Kier molecular flexibility index (Phi) is 5.82. The maximum atomic E-state index is 13.4. The van der Waals surface area contributed by atoms with Crippen LogP contribution in [0.4, 0.5) is 0 Å². The fourth-order valence-corrected chi connectivity index (χ4v) is 5.13. The molecule has 0 amide bonds. The zero-order valence-electron chi connectivity index (χ0n) is 19.3. The molecule has 4 heterocycles. The fraction of sp³-hybridized carbons (Fsp3) is 0.292. The number of nitrogens with zero attached hydrogens (tertiary/aromatic N) is 6. The van der Waals surface area contributed by atoms with Gasteiger partial charge < -0.3 is 4.98 Å². The zero-order valence-corrected chi connectivity index (χ0v) is 20.1. The van der Waals surface area contributed by atoms with Crippen LogP contribution in [-0.4, -0.2) is 33.9 Å². The number of aromatic nitrogens is 7. The summed E-state index contributed by atoms with van der Waals surface area (Å²) >= 11 is 1.43. The molecule has 1 aromatic carbocycles. The first-order chi connectivity index (χ1) is 16.4. The molecule has 0 bridgehead atoms. The molecule has 1 N–H and O–H groups in total. The van der Waals surface area contributed by atoms with E-state index < -0.39 is 0 Å². The van der Waals surface area contributed by atoms with Gasteiger partial charge in [-0.05, 0) is 45.4 Å². The first kappa shape index (κ1) is 22.1. The van der Waals surface area contributed by atoms with Gasteiger partial charge in [0.15, 0.2) is 5.16 Å². The van der Waals surface area contributed by atoms with Crippen molar-refractivity contribution >= 4 is 28.3 Å². The number of H-pyrrole nitrogens is 1. The van der Waals surface area contributed by atoms with Gasteiger partial charge in [-0.2, -0.15) is 10.2 Å². The number of benzene rings is 1. The summed E-state index contributed by atoms with van der Waals surface area (Å²) < 4.78 is 5.43. The number of aromatic amines is 1. The lowest BCUT2D eigenvalue weighted by Crippen LogP contribution is -2.24. The molecule has 0 saturated carbocycles. The Hall–Kier alpha value is -3.66. The third kappa shape index (κ3) is 4.28. The topological polar surface area (TPSA) is 103 Å². The van der Waals surface area contributed by atoms with Crippen molar-refractivity contribution in [3.63, 3.8) is 0 Å². The van der Waals surface area contributed by atoms with Crippen LogP contribution < -0.4 is 11.1 Å². The van der Waals surface area contributed by atoms with Crippen LogP contribution in [0.1, 0.15) is 29.2 Å². The molecule has 9 nitrogen and oxygen atoms in total. The molecule has 0 aliphatic rings. The maximum absolute atomic E-state index is 13.4. The summed E-state index contributed by atoms with van der Waals surface area (Å²) in [7, 11) is 0. The van der Waals surface area contributed by atoms with Gasteiger partial charge in [0.1, 0.15) is 5.65 Å². The molecule has 0 atom stereocenters. The molecule has 5 aromatic rings. The minimum atomic E-state index is -0.184. The van der Waals surface area contributed by atoms with E-state index in [4.69, 9.17) is 4.98 Å². The van der Waals surface area contributed by atoms with Gasteiger partial charge in [0.05, 0.1) is 28.0 Å². The van der Waals surface area contributed by atoms with Crippen molar-refractivity contribution in [3.8, 4) is 0 Å². The molecule has 5 rings (SSSR count). The quantitative estimate of drug-likeness (QED) is 0.286. The highest BCUT2D eigenvalue weighted by Gasteiger charge is 2.14. The highest BCUT2D eigenvalue weighted by Crippen LogP contribution is 2.22. The fourth-order valence-electron chi connectivity index (χ4n) is 4.16. The highest BCUT2D eigenvalue weighted by molar-refractivity contribution is 7.98. The molecule has 0 spiro atoms. The summed E-state index contributed by atoms with van der Waals surface area (Å²) in [5.74, 6) is 0.448. The van der Waals surface area contributed by atoms with E-state index in [1.54, 1.807) is 15.1 Å². The van der Waals surface area contributed by atoms with Gasteiger partial charge >= 0.3 is 0 Å². The molecule has 10 heteroatoms. The smallest absolute Gasteiger partial charge is 0.262 e. The van der Waals surface area contributed by atoms with Crippen LogP contribution in [0, 0.1) is 20.8 Å². The van der Waals surface area contributed by atoms with Crippen LogP contribution in [0.5, 0.6) is 0 Å². The van der Waals surface area contributed by atoms with Gasteiger partial charge in [-0.1, -0.05) is 23.9 Å². The summed E-state index contributed by atoms with van der Waals surface area (Å²) in [6.07, 6.45) is 0.739. The van der Waals surface area contributed by atoms with Gasteiger partial charge in [0.2, 0.25) is 0 Å². The van der Waals surface area contributed by atoms with Crippen molar-refractivity contribution < 1.29 is 0 Å². The molecule has 0 aliphatic carbocycles. The van der Waals surface area contributed by atoms with Crippen molar-refractivity contribution in [2.75, 3.05) is 0 Å². The third-order valence-corrected chi connectivity index (χ3v) is 6.69. The maximum Gasteiger partial charge on any atom is 0.262 e. The second kappa shape index (κ2) is 8.94. The molecule has 0 radical (unpaired) electrons. The number of hydrogen-bond acceptors (Lipinski definition) is 6. The minimum Gasteiger partial charge on any atom is -0.307 e. The molecule has 4 aromatic heterocycles. The van der Waals surface area contributed by atoms with Crippen molar-refractivity contribution in [1.29, 1.82) is 0 Å². The van der Waals surface area contributed by atoms with Crippen LogP contribution in [0.15, 0.2) is 57.2 Å². The van der Waals surface area contributed by atoms with E-state index in [0.717, 1.165) is 29.2 Å². The average molecular weight is 476 g/mol. The van der Waals surface area contributed by atoms with Crippen LogP contribution in [-0.2, 0) is 18.8 Å². The van der Waals surface area contributed by atoms with Crippen molar-refractivity contribution in [2.45, 2.75) is 51.2 Å². The molecule has 0 saturated heterocycles. The van der Waals surface area contributed by atoms with E-state index in [1.807, 2.05) is 61.9 Å². The largest absolute Gasteiger partial charge is 0.307 e. The number of fused-ring (bicyclic) bond motifs is 2. The Morgan fingerprint density at radius 3 is 2.56 bits per heavy atom.